The Morgan fingerprint density at radius 2 is 1.87 bits per heavy atom. The Bertz CT molecular complexity index is 1060. The lowest BCUT2D eigenvalue weighted by Crippen LogP contribution is -2.16. The molecule has 3 rings (SSSR count). The number of anilines is 3. The number of nitro groups is 1. The second kappa shape index (κ2) is 9.28. The predicted octanol–water partition coefficient (Wildman–Crippen LogP) is 2.61. The fourth-order valence-electron chi connectivity index (χ4n) is 2.39. The van der Waals surface area contributed by atoms with E-state index in [0.29, 0.717) is 18.4 Å². The molecule has 1 aromatic heterocycles. The van der Waals surface area contributed by atoms with E-state index >= 15 is 0 Å². The molecule has 11 nitrogen and oxygen atoms in total. The van der Waals surface area contributed by atoms with Crippen molar-refractivity contribution in [2.75, 3.05) is 29.7 Å². The number of phenols is 1. The van der Waals surface area contributed by atoms with Crippen LogP contribution in [0.15, 0.2) is 53.6 Å². The van der Waals surface area contributed by atoms with Crippen molar-refractivity contribution in [3.05, 3.63) is 69.8 Å². The average Bonchev–Trinajstić information content (AvgIpc) is 2.74. The number of nitrogens with zero attached hydrogens (tertiary/aromatic N) is 6. The molecular formula is C19H20N8O3. The molecule has 0 amide bonds. The number of hydrogen-bond acceptors (Lipinski definition) is 10. The Labute approximate surface area is 172 Å². The van der Waals surface area contributed by atoms with E-state index in [4.69, 9.17) is 0 Å². The van der Waals surface area contributed by atoms with Crippen LogP contribution in [0.3, 0.4) is 0 Å². The van der Waals surface area contributed by atoms with E-state index in [1.165, 1.54) is 24.4 Å². The van der Waals surface area contributed by atoms with Crippen molar-refractivity contribution < 1.29 is 10.0 Å². The quantitative estimate of drug-likeness (QED) is 0.291. The van der Waals surface area contributed by atoms with Crippen LogP contribution in [0.5, 0.6) is 5.75 Å². The Kier molecular flexibility index (Phi) is 6.33. The minimum atomic E-state index is -0.551. The highest BCUT2D eigenvalue weighted by Gasteiger charge is 2.10. The van der Waals surface area contributed by atoms with Crippen LogP contribution in [0.2, 0.25) is 0 Å². The van der Waals surface area contributed by atoms with Gasteiger partial charge in [-0.15, -0.1) is 0 Å². The van der Waals surface area contributed by atoms with Crippen LogP contribution >= 0.6 is 0 Å². The van der Waals surface area contributed by atoms with Gasteiger partial charge in [-0.2, -0.15) is 20.1 Å². The molecule has 11 heteroatoms. The summed E-state index contributed by atoms with van der Waals surface area (Å²) in [5.74, 6) is 0.802. The fourth-order valence-corrected chi connectivity index (χ4v) is 2.39. The Morgan fingerprint density at radius 1 is 1.13 bits per heavy atom. The maximum atomic E-state index is 10.9. The first-order valence-corrected chi connectivity index (χ1v) is 8.90. The first-order valence-electron chi connectivity index (χ1n) is 8.90. The second-order valence-corrected chi connectivity index (χ2v) is 6.39. The maximum Gasteiger partial charge on any atom is 0.270 e. The summed E-state index contributed by atoms with van der Waals surface area (Å²) in [6.07, 6.45) is 1.25. The van der Waals surface area contributed by atoms with Crippen LogP contribution < -0.4 is 15.6 Å². The first kappa shape index (κ1) is 20.5. The van der Waals surface area contributed by atoms with Gasteiger partial charge in [0.1, 0.15) is 5.75 Å². The van der Waals surface area contributed by atoms with Gasteiger partial charge in [0, 0.05) is 38.3 Å². The fraction of sp³-hybridized carbons (Fsp3) is 0.158. The van der Waals surface area contributed by atoms with E-state index in [1.54, 1.807) is 19.0 Å². The van der Waals surface area contributed by atoms with Gasteiger partial charge in [-0.3, -0.25) is 10.1 Å². The molecule has 1 heterocycles. The van der Waals surface area contributed by atoms with E-state index in [-0.39, 0.29) is 22.9 Å². The van der Waals surface area contributed by atoms with E-state index in [1.807, 2.05) is 30.3 Å². The standard InChI is InChI=1S/C19H20N8O3/c1-26(2)19-23-17(20-11-13-6-4-3-5-7-13)22-18(24-19)25-21-12-14-10-15(27(29)30)8-9-16(14)28/h3-10,12,28H,11H2,1-2H3,(H2,20,22,23,24,25)/b21-12+. The average molecular weight is 408 g/mol. The number of phenolic OH excluding ortho intramolecular Hbond substituents is 1. The Morgan fingerprint density at radius 3 is 2.57 bits per heavy atom. The lowest BCUT2D eigenvalue weighted by Gasteiger charge is -2.13. The molecular weight excluding hydrogens is 388 g/mol. The van der Waals surface area contributed by atoms with Gasteiger partial charge < -0.3 is 15.3 Å². The molecule has 0 aliphatic rings. The number of non-ortho nitro benzene ring substituents is 1. The van der Waals surface area contributed by atoms with Crippen molar-refractivity contribution in [3.8, 4) is 5.75 Å². The number of nitro benzene ring substituents is 1. The topological polar surface area (TPSA) is 142 Å². The molecule has 30 heavy (non-hydrogen) atoms. The third-order valence-corrected chi connectivity index (χ3v) is 3.91. The number of hydrogen-bond donors (Lipinski definition) is 3. The van der Waals surface area contributed by atoms with Crippen molar-refractivity contribution in [2.45, 2.75) is 6.54 Å². The van der Waals surface area contributed by atoms with Crippen molar-refractivity contribution >= 4 is 29.7 Å². The number of aromatic hydroxyl groups is 1. The monoisotopic (exact) mass is 408 g/mol. The zero-order valence-corrected chi connectivity index (χ0v) is 16.4. The summed E-state index contributed by atoms with van der Waals surface area (Å²) < 4.78 is 0. The van der Waals surface area contributed by atoms with Crippen LogP contribution in [0.1, 0.15) is 11.1 Å². The van der Waals surface area contributed by atoms with Gasteiger partial charge >= 0.3 is 0 Å². The zero-order valence-electron chi connectivity index (χ0n) is 16.4. The summed E-state index contributed by atoms with van der Waals surface area (Å²) in [6.45, 7) is 0.530. The molecule has 3 aromatic rings. The van der Waals surface area contributed by atoms with E-state index in [0.717, 1.165) is 5.56 Å². The number of aromatic nitrogens is 3. The van der Waals surface area contributed by atoms with Crippen LogP contribution in [0.25, 0.3) is 0 Å². The second-order valence-electron chi connectivity index (χ2n) is 6.39. The van der Waals surface area contributed by atoms with Crippen molar-refractivity contribution in [2.24, 2.45) is 5.10 Å². The van der Waals surface area contributed by atoms with Crippen molar-refractivity contribution in [1.82, 2.24) is 15.0 Å². The largest absolute Gasteiger partial charge is 0.507 e. The molecule has 3 N–H and O–H groups in total. The number of benzene rings is 2. The maximum absolute atomic E-state index is 10.9. The van der Waals surface area contributed by atoms with Gasteiger partial charge in [-0.05, 0) is 11.6 Å². The van der Waals surface area contributed by atoms with Gasteiger partial charge in [0.15, 0.2) is 0 Å². The third kappa shape index (κ3) is 5.38. The van der Waals surface area contributed by atoms with Gasteiger partial charge in [0.05, 0.1) is 11.1 Å². The van der Waals surface area contributed by atoms with Crippen LogP contribution in [-0.2, 0) is 6.54 Å². The van der Waals surface area contributed by atoms with Crippen LogP contribution in [-0.4, -0.2) is 45.3 Å². The Balaban J connectivity index is 1.76. The molecule has 0 radical (unpaired) electrons. The molecule has 0 saturated heterocycles. The molecule has 0 bridgehead atoms. The Hall–Kier alpha value is -4.28. The van der Waals surface area contributed by atoms with Crippen LogP contribution in [0.4, 0.5) is 23.5 Å². The SMILES string of the molecule is CN(C)c1nc(NCc2ccccc2)nc(N/N=C/c2cc([N+](=O)[O-])ccc2O)n1. The molecule has 154 valence electrons. The molecule has 0 spiro atoms. The predicted molar refractivity (Wildman–Crippen MR) is 114 cm³/mol. The summed E-state index contributed by atoms with van der Waals surface area (Å²) in [6, 6.07) is 13.5. The molecule has 2 aromatic carbocycles. The molecule has 0 unspecified atom stereocenters. The number of rotatable bonds is 8. The highest BCUT2D eigenvalue weighted by molar-refractivity contribution is 5.84. The molecule has 0 aliphatic carbocycles. The van der Waals surface area contributed by atoms with Gasteiger partial charge in [-0.1, -0.05) is 30.3 Å². The molecule has 0 atom stereocenters. The van der Waals surface area contributed by atoms with Gasteiger partial charge in [0.25, 0.3) is 5.69 Å². The van der Waals surface area contributed by atoms with E-state index in [9.17, 15) is 15.2 Å². The summed E-state index contributed by atoms with van der Waals surface area (Å²) in [7, 11) is 3.59. The van der Waals surface area contributed by atoms with Crippen molar-refractivity contribution in [3.63, 3.8) is 0 Å². The first-order chi connectivity index (χ1) is 14.4. The number of nitrogens with one attached hydrogen (secondary N) is 2. The van der Waals surface area contributed by atoms with Gasteiger partial charge in [-0.25, -0.2) is 5.43 Å². The zero-order chi connectivity index (χ0) is 21.5. The van der Waals surface area contributed by atoms with Crippen LogP contribution in [0, 0.1) is 10.1 Å². The third-order valence-electron chi connectivity index (χ3n) is 3.91. The van der Waals surface area contributed by atoms with E-state index in [2.05, 4.69) is 30.8 Å². The summed E-state index contributed by atoms with van der Waals surface area (Å²) in [5.41, 5.74) is 3.76. The minimum Gasteiger partial charge on any atom is -0.507 e. The molecule has 0 fully saturated rings. The highest BCUT2D eigenvalue weighted by atomic mass is 16.6. The molecule has 0 saturated carbocycles. The van der Waals surface area contributed by atoms with Crippen molar-refractivity contribution in [1.29, 1.82) is 0 Å². The van der Waals surface area contributed by atoms with E-state index < -0.39 is 4.92 Å². The summed E-state index contributed by atoms with van der Waals surface area (Å²) in [4.78, 5) is 24.9. The van der Waals surface area contributed by atoms with Gasteiger partial charge in [0.2, 0.25) is 17.8 Å². The minimum absolute atomic E-state index is 0.138. The normalized spacial score (nSPS) is 10.7. The summed E-state index contributed by atoms with van der Waals surface area (Å²) >= 11 is 0. The highest BCUT2D eigenvalue weighted by Crippen LogP contribution is 2.21. The lowest BCUT2D eigenvalue weighted by atomic mass is 10.2. The smallest absolute Gasteiger partial charge is 0.270 e. The summed E-state index contributed by atoms with van der Waals surface area (Å²) in [5, 5.41) is 27.9. The molecule has 0 aliphatic heterocycles. The lowest BCUT2D eigenvalue weighted by molar-refractivity contribution is -0.384. The number of hydrazone groups is 1.